The third-order valence-corrected chi connectivity index (χ3v) is 5.09. The summed E-state index contributed by atoms with van der Waals surface area (Å²) in [7, 11) is 1.50. The van der Waals surface area contributed by atoms with Gasteiger partial charge in [0.2, 0.25) is 0 Å². The number of hydrogen-bond acceptors (Lipinski definition) is 6. The van der Waals surface area contributed by atoms with E-state index < -0.39 is 17.9 Å². The lowest BCUT2D eigenvalue weighted by Crippen LogP contribution is -2.41. The molecule has 0 bridgehead atoms. The molecule has 0 aromatic heterocycles. The lowest BCUT2D eigenvalue weighted by atomic mass is 10.1. The first kappa shape index (κ1) is 24.1. The predicted molar refractivity (Wildman–Crippen MR) is 122 cm³/mol. The molecule has 1 fully saturated rings. The van der Waals surface area contributed by atoms with Crippen LogP contribution in [0.4, 0.5) is 5.69 Å². The van der Waals surface area contributed by atoms with Crippen molar-refractivity contribution in [1.82, 2.24) is 10.9 Å². The topological polar surface area (TPSA) is 115 Å². The fraction of sp³-hybridized carbons (Fsp3) is 0.375. The van der Waals surface area contributed by atoms with Gasteiger partial charge in [-0.1, -0.05) is 19.4 Å². The molecule has 3 rings (SSSR count). The van der Waals surface area contributed by atoms with Crippen molar-refractivity contribution in [3.05, 3.63) is 53.6 Å². The summed E-state index contributed by atoms with van der Waals surface area (Å²) in [5.74, 6) is -0.296. The summed E-state index contributed by atoms with van der Waals surface area (Å²) in [6.07, 6.45) is 2.97. The van der Waals surface area contributed by atoms with Gasteiger partial charge >= 0.3 is 0 Å². The van der Waals surface area contributed by atoms with Crippen LogP contribution in [0.15, 0.2) is 42.5 Å². The Morgan fingerprint density at radius 3 is 2.45 bits per heavy atom. The number of benzene rings is 2. The van der Waals surface area contributed by atoms with Gasteiger partial charge in [-0.2, -0.15) is 0 Å². The zero-order valence-corrected chi connectivity index (χ0v) is 18.8. The van der Waals surface area contributed by atoms with Crippen molar-refractivity contribution in [3.63, 3.8) is 0 Å². The quantitative estimate of drug-likeness (QED) is 0.395. The molecule has 1 aliphatic rings. The molecule has 176 valence electrons. The minimum Gasteiger partial charge on any atom is -0.493 e. The third-order valence-electron chi connectivity index (χ3n) is 5.09. The van der Waals surface area contributed by atoms with Crippen molar-refractivity contribution >= 4 is 23.4 Å². The highest BCUT2D eigenvalue weighted by molar-refractivity contribution is 6.01. The number of hydrogen-bond donors (Lipinski definition) is 3. The van der Waals surface area contributed by atoms with Crippen LogP contribution in [0, 0.1) is 0 Å². The van der Waals surface area contributed by atoms with Crippen LogP contribution in [-0.4, -0.2) is 44.1 Å². The van der Waals surface area contributed by atoms with Gasteiger partial charge in [0.15, 0.2) is 11.5 Å². The lowest BCUT2D eigenvalue weighted by molar-refractivity contribution is -0.124. The Labute approximate surface area is 192 Å². The molecule has 9 heteroatoms. The molecule has 0 spiro atoms. The van der Waals surface area contributed by atoms with Gasteiger partial charge in [-0.15, -0.1) is 0 Å². The summed E-state index contributed by atoms with van der Waals surface area (Å²) < 4.78 is 16.3. The van der Waals surface area contributed by atoms with E-state index in [1.54, 1.807) is 36.4 Å². The maximum absolute atomic E-state index is 12.5. The highest BCUT2D eigenvalue weighted by Crippen LogP contribution is 2.28. The molecule has 1 unspecified atom stereocenters. The van der Waals surface area contributed by atoms with Crippen LogP contribution in [0.3, 0.4) is 0 Å². The van der Waals surface area contributed by atoms with Crippen LogP contribution in [0.2, 0.25) is 0 Å². The lowest BCUT2D eigenvalue weighted by Gasteiger charge is -2.13. The van der Waals surface area contributed by atoms with E-state index in [0.717, 1.165) is 19.3 Å². The van der Waals surface area contributed by atoms with E-state index in [4.69, 9.17) is 14.2 Å². The van der Waals surface area contributed by atoms with Gasteiger partial charge in [-0.25, -0.2) is 0 Å². The minimum atomic E-state index is -0.525. The second-order valence-electron chi connectivity index (χ2n) is 7.55. The largest absolute Gasteiger partial charge is 0.493 e. The Morgan fingerprint density at radius 1 is 1.03 bits per heavy atom. The van der Waals surface area contributed by atoms with E-state index in [1.165, 1.54) is 13.2 Å². The monoisotopic (exact) mass is 455 g/mol. The van der Waals surface area contributed by atoms with Crippen LogP contribution in [0.1, 0.15) is 53.3 Å². The number of carbonyl (C=O) groups excluding carboxylic acids is 3. The van der Waals surface area contributed by atoms with Crippen molar-refractivity contribution in [1.29, 1.82) is 0 Å². The first-order chi connectivity index (χ1) is 16.0. The molecule has 3 N–H and O–H groups in total. The molecule has 1 aliphatic heterocycles. The van der Waals surface area contributed by atoms with Gasteiger partial charge < -0.3 is 19.5 Å². The summed E-state index contributed by atoms with van der Waals surface area (Å²) in [6.45, 7) is 3.20. The molecule has 3 amide bonds. The summed E-state index contributed by atoms with van der Waals surface area (Å²) >= 11 is 0. The molecular weight excluding hydrogens is 426 g/mol. The minimum absolute atomic E-state index is 0.241. The molecule has 9 nitrogen and oxygen atoms in total. The van der Waals surface area contributed by atoms with Crippen molar-refractivity contribution in [2.45, 2.75) is 38.7 Å². The predicted octanol–water partition coefficient (Wildman–Crippen LogP) is 3.07. The van der Waals surface area contributed by atoms with Crippen LogP contribution in [-0.2, 0) is 9.53 Å². The smallest absolute Gasteiger partial charge is 0.269 e. The van der Waals surface area contributed by atoms with E-state index in [1.807, 2.05) is 0 Å². The first-order valence-electron chi connectivity index (χ1n) is 11.0. The number of anilines is 1. The zero-order valence-electron chi connectivity index (χ0n) is 18.8. The maximum atomic E-state index is 12.5. The third kappa shape index (κ3) is 6.69. The fourth-order valence-corrected chi connectivity index (χ4v) is 3.26. The Morgan fingerprint density at radius 2 is 1.79 bits per heavy atom. The molecule has 1 saturated heterocycles. The Hall–Kier alpha value is -3.59. The molecule has 33 heavy (non-hydrogen) atoms. The molecule has 2 aromatic rings. The van der Waals surface area contributed by atoms with E-state index in [-0.39, 0.29) is 11.5 Å². The van der Waals surface area contributed by atoms with E-state index >= 15 is 0 Å². The summed E-state index contributed by atoms with van der Waals surface area (Å²) in [5.41, 5.74) is 5.81. The highest BCUT2D eigenvalue weighted by Gasteiger charge is 2.23. The Balaban J connectivity index is 1.56. The molecule has 0 radical (unpaired) electrons. The van der Waals surface area contributed by atoms with Gasteiger partial charge in [0.1, 0.15) is 6.10 Å². The second kappa shape index (κ2) is 11.9. The number of methoxy groups -OCH3 is 1. The highest BCUT2D eigenvalue weighted by atomic mass is 16.5. The number of unbranched alkanes of at least 4 members (excludes halogenated alkanes) is 1. The van der Waals surface area contributed by atoms with Crippen molar-refractivity contribution in [2.75, 3.05) is 25.6 Å². The van der Waals surface area contributed by atoms with Gasteiger partial charge in [-0.3, -0.25) is 25.2 Å². The zero-order chi connectivity index (χ0) is 23.6. The average Bonchev–Trinajstić information content (AvgIpc) is 3.38. The van der Waals surface area contributed by atoms with Crippen LogP contribution < -0.4 is 25.6 Å². The van der Waals surface area contributed by atoms with Gasteiger partial charge in [0, 0.05) is 23.4 Å². The van der Waals surface area contributed by atoms with E-state index in [9.17, 15) is 14.4 Å². The van der Waals surface area contributed by atoms with Gasteiger partial charge in [0.05, 0.1) is 13.7 Å². The molecule has 0 saturated carbocycles. The standard InChI is InChI=1S/C24H29N3O6/c1-3-4-12-32-19-11-10-17(15-21(19)31-2)23(29)27-26-22(28)16-7-5-8-18(14-16)25-24(30)20-9-6-13-33-20/h5,7-8,10-11,14-15,20H,3-4,6,9,12-13H2,1-2H3,(H,25,30)(H,26,28)(H,27,29). The first-order valence-corrected chi connectivity index (χ1v) is 11.0. The second-order valence-corrected chi connectivity index (χ2v) is 7.55. The Bertz CT molecular complexity index is 988. The van der Waals surface area contributed by atoms with Crippen molar-refractivity contribution in [3.8, 4) is 11.5 Å². The number of amides is 3. The number of carbonyl (C=O) groups is 3. The van der Waals surface area contributed by atoms with Gasteiger partial charge in [0.25, 0.3) is 17.7 Å². The fourth-order valence-electron chi connectivity index (χ4n) is 3.26. The van der Waals surface area contributed by atoms with Crippen LogP contribution >= 0.6 is 0 Å². The average molecular weight is 456 g/mol. The molecule has 0 aliphatic carbocycles. The summed E-state index contributed by atoms with van der Waals surface area (Å²) in [6, 6.07) is 11.2. The number of ether oxygens (including phenoxy) is 3. The molecule has 1 atom stereocenters. The summed E-state index contributed by atoms with van der Waals surface area (Å²) in [5, 5.41) is 2.75. The van der Waals surface area contributed by atoms with E-state index in [0.29, 0.717) is 42.4 Å². The number of rotatable bonds is 9. The van der Waals surface area contributed by atoms with Crippen LogP contribution in [0.5, 0.6) is 11.5 Å². The van der Waals surface area contributed by atoms with Crippen molar-refractivity contribution in [2.24, 2.45) is 0 Å². The normalized spacial score (nSPS) is 14.9. The maximum Gasteiger partial charge on any atom is 0.269 e. The number of hydrazine groups is 1. The number of nitrogens with one attached hydrogen (secondary N) is 3. The molecule has 1 heterocycles. The molecular formula is C24H29N3O6. The van der Waals surface area contributed by atoms with E-state index in [2.05, 4.69) is 23.1 Å². The Kier molecular flexibility index (Phi) is 8.65. The van der Waals surface area contributed by atoms with Crippen LogP contribution in [0.25, 0.3) is 0 Å². The summed E-state index contributed by atoms with van der Waals surface area (Å²) in [4.78, 5) is 37.2. The van der Waals surface area contributed by atoms with Crippen molar-refractivity contribution < 1.29 is 28.6 Å². The SMILES string of the molecule is CCCCOc1ccc(C(=O)NNC(=O)c2cccc(NC(=O)C3CCCO3)c2)cc1OC. The molecule has 2 aromatic carbocycles. The van der Waals surface area contributed by atoms with Gasteiger partial charge in [-0.05, 0) is 55.7 Å².